The minimum atomic E-state index is -4.59. The van der Waals surface area contributed by atoms with Gasteiger partial charge in [-0.1, -0.05) is 53.1 Å². The predicted octanol–water partition coefficient (Wildman–Crippen LogP) is 6.45. The van der Waals surface area contributed by atoms with E-state index in [-0.39, 0.29) is 45.6 Å². The number of aromatic hydroxyl groups is 1. The molecule has 0 aliphatic rings. The molecule has 2 aromatic carbocycles. The molecule has 0 aliphatic carbocycles. The van der Waals surface area contributed by atoms with Crippen LogP contribution >= 0.6 is 11.6 Å². The van der Waals surface area contributed by atoms with Gasteiger partial charge in [-0.05, 0) is 54.2 Å². The smallest absolute Gasteiger partial charge is 0.416 e. The predicted molar refractivity (Wildman–Crippen MR) is 147 cm³/mol. The number of phenolic OH excluding ortho intramolecular Hbond substituents is 1. The van der Waals surface area contributed by atoms with Crippen molar-refractivity contribution in [2.45, 2.75) is 59.2 Å². The van der Waals surface area contributed by atoms with Crippen LogP contribution < -0.4 is 5.56 Å². The van der Waals surface area contributed by atoms with Crippen molar-refractivity contribution in [3.63, 3.8) is 0 Å². The number of phenols is 1. The summed E-state index contributed by atoms with van der Waals surface area (Å²) in [4.78, 5) is 14.3. The monoisotopic (exact) mass is 553 g/mol. The number of fused-ring (bicyclic) bond motifs is 1. The summed E-state index contributed by atoms with van der Waals surface area (Å²) in [6.07, 6.45) is -4.99. The molecule has 1 heterocycles. The third kappa shape index (κ3) is 4.84. The zero-order chi connectivity index (χ0) is 28.0. The van der Waals surface area contributed by atoms with Crippen LogP contribution in [0.3, 0.4) is 0 Å². The summed E-state index contributed by atoms with van der Waals surface area (Å²) in [6, 6.07) is 7.74. The number of aromatic nitrogens is 1. The van der Waals surface area contributed by atoms with Crippen molar-refractivity contribution in [2.75, 3.05) is 0 Å². The highest BCUT2D eigenvalue weighted by Gasteiger charge is 2.51. The third-order valence-corrected chi connectivity index (χ3v) is 8.37. The average Bonchev–Trinajstić information content (AvgIpc) is 2.80. The van der Waals surface area contributed by atoms with Crippen LogP contribution in [0, 0.1) is 17.8 Å². The molecule has 0 fully saturated rings. The second kappa shape index (κ2) is 10.5. The number of nitrogens with zero attached hydrogens (tertiary/aromatic N) is 1. The lowest BCUT2D eigenvalue weighted by Crippen LogP contribution is -2.55. The summed E-state index contributed by atoms with van der Waals surface area (Å²) in [5, 5.41) is 11.5. The first-order valence-corrected chi connectivity index (χ1v) is 13.6. The lowest BCUT2D eigenvalue weighted by molar-refractivity contribution is -0.137. The van der Waals surface area contributed by atoms with Gasteiger partial charge in [-0.3, -0.25) is 4.79 Å². The van der Waals surface area contributed by atoms with Gasteiger partial charge in [0, 0.05) is 39.6 Å². The van der Waals surface area contributed by atoms with Crippen LogP contribution in [0.5, 0.6) is 5.75 Å². The summed E-state index contributed by atoms with van der Waals surface area (Å²) < 4.78 is 49.3. The van der Waals surface area contributed by atoms with Crippen LogP contribution in [0.1, 0.15) is 52.7 Å². The zero-order valence-electron chi connectivity index (χ0n) is 22.5. The lowest BCUT2D eigenvalue weighted by atomic mass is 9.58. The van der Waals surface area contributed by atoms with Crippen molar-refractivity contribution in [3.05, 3.63) is 62.9 Å². The van der Waals surface area contributed by atoms with Gasteiger partial charge in [0.2, 0.25) is 0 Å². The molecule has 202 valence electrons. The Labute approximate surface area is 224 Å². The van der Waals surface area contributed by atoms with E-state index in [1.54, 1.807) is 7.05 Å². The molecule has 1 unspecified atom stereocenters. The van der Waals surface area contributed by atoms with Crippen LogP contribution in [-0.2, 0) is 23.1 Å². The maximum atomic E-state index is 14.3. The molecular weight excluding hydrogens is 519 g/mol. The molecule has 0 radical (unpaired) electrons. The first-order chi connectivity index (χ1) is 17.1. The summed E-state index contributed by atoms with van der Waals surface area (Å²) in [5.74, 6) is -0.438. The molecule has 0 saturated heterocycles. The summed E-state index contributed by atoms with van der Waals surface area (Å²) in [6.45, 7) is 12.1. The fourth-order valence-electron chi connectivity index (χ4n) is 6.18. The van der Waals surface area contributed by atoms with E-state index in [2.05, 4.69) is 0 Å². The van der Waals surface area contributed by atoms with Gasteiger partial charge >= 0.3 is 6.18 Å². The van der Waals surface area contributed by atoms with Crippen molar-refractivity contribution in [2.24, 2.45) is 24.8 Å². The van der Waals surface area contributed by atoms with Crippen molar-refractivity contribution in [3.8, 4) is 16.9 Å². The maximum Gasteiger partial charge on any atom is 0.416 e. The topological polar surface area (TPSA) is 51.5 Å². The Morgan fingerprint density at radius 1 is 1.00 bits per heavy atom. The number of halogens is 4. The lowest BCUT2D eigenvalue weighted by Gasteiger charge is -2.49. The highest BCUT2D eigenvalue weighted by atomic mass is 35.5. The number of hydrogen-bond acceptors (Lipinski definition) is 3. The molecule has 37 heavy (non-hydrogen) atoms. The van der Waals surface area contributed by atoms with Gasteiger partial charge in [0.05, 0.1) is 17.2 Å². The third-order valence-electron chi connectivity index (χ3n) is 7.62. The van der Waals surface area contributed by atoms with Crippen molar-refractivity contribution >= 4 is 33.0 Å². The normalized spacial score (nSPS) is 13.9. The van der Waals surface area contributed by atoms with Crippen LogP contribution in [-0.4, -0.2) is 26.3 Å². The van der Waals surface area contributed by atoms with Gasteiger partial charge in [-0.15, -0.1) is 0 Å². The molecule has 0 saturated carbocycles. The number of pyridine rings is 1. The van der Waals surface area contributed by atoms with Crippen molar-refractivity contribution in [1.29, 1.82) is 0 Å². The van der Waals surface area contributed by atoms with Crippen molar-refractivity contribution in [1.82, 2.24) is 4.57 Å². The molecule has 0 amide bonds. The summed E-state index contributed by atoms with van der Waals surface area (Å²) in [7, 11) is 1.97. The molecule has 1 N–H and O–H groups in total. The van der Waals surface area contributed by atoms with Gasteiger partial charge in [0.15, 0.2) is 0 Å². The van der Waals surface area contributed by atoms with Crippen LogP contribution in [0.15, 0.2) is 41.2 Å². The molecule has 3 aromatic rings. The van der Waals surface area contributed by atoms with Crippen LogP contribution in [0.4, 0.5) is 13.2 Å². The van der Waals surface area contributed by atoms with E-state index < -0.39 is 23.3 Å². The largest absolute Gasteiger partial charge is 0.507 e. The molecule has 3 rings (SSSR count). The van der Waals surface area contributed by atoms with Gasteiger partial charge in [0.25, 0.3) is 5.56 Å². The summed E-state index contributed by atoms with van der Waals surface area (Å²) >= 11 is 6.33. The highest BCUT2D eigenvalue weighted by molar-refractivity contribution is 6.31. The maximum absolute atomic E-state index is 14.3. The van der Waals surface area contributed by atoms with Gasteiger partial charge in [-0.25, -0.2) is 0 Å². The van der Waals surface area contributed by atoms with E-state index in [1.165, 1.54) is 28.8 Å². The number of benzene rings is 2. The van der Waals surface area contributed by atoms with Crippen LogP contribution in [0.25, 0.3) is 22.0 Å². The van der Waals surface area contributed by atoms with Crippen LogP contribution in [0.2, 0.25) is 5.02 Å². The molecule has 1 atom stereocenters. The molecule has 0 spiro atoms. The van der Waals surface area contributed by atoms with E-state index in [0.717, 1.165) is 12.1 Å². The Hall–Kier alpha value is -2.29. The minimum absolute atomic E-state index is 0.00465. The van der Waals surface area contributed by atoms with E-state index in [1.807, 2.05) is 41.5 Å². The molecule has 0 bridgehead atoms. The first kappa shape index (κ1) is 29.3. The fourth-order valence-corrected chi connectivity index (χ4v) is 7.28. The Balaban J connectivity index is 2.77. The Bertz CT molecular complexity index is 1360. The minimum Gasteiger partial charge on any atom is -0.507 e. The Kier molecular flexibility index (Phi) is 8.28. The SMILES string of the molecule is CC(C)C(O[SiH3])C(c1c(-c2cc(Cl)ccc2O)c2cc(C(F)(F)F)ccc2n(C)c1=O)(C(C)C)C(C)C. The molecule has 9 heteroatoms. The number of rotatable bonds is 7. The molecule has 4 nitrogen and oxygen atoms in total. The molecule has 1 aromatic heterocycles. The second-order valence-electron chi connectivity index (χ2n) is 10.6. The van der Waals surface area contributed by atoms with E-state index >= 15 is 0 Å². The number of aryl methyl sites for hydroxylation is 1. The van der Waals surface area contributed by atoms with E-state index in [4.69, 9.17) is 16.0 Å². The van der Waals surface area contributed by atoms with Crippen molar-refractivity contribution < 1.29 is 22.7 Å². The van der Waals surface area contributed by atoms with Gasteiger partial charge in [-0.2, -0.15) is 13.2 Å². The van der Waals surface area contributed by atoms with Gasteiger partial charge < -0.3 is 14.1 Å². The Morgan fingerprint density at radius 3 is 2.08 bits per heavy atom. The molecular formula is C28H35ClF3NO3Si. The summed E-state index contributed by atoms with van der Waals surface area (Å²) in [5.41, 5.74) is -0.941. The average molecular weight is 554 g/mol. The first-order valence-electron chi connectivity index (χ1n) is 12.4. The number of hydrogen-bond donors (Lipinski definition) is 1. The quantitative estimate of drug-likeness (QED) is 0.342. The van der Waals surface area contributed by atoms with E-state index in [0.29, 0.717) is 26.6 Å². The fraction of sp³-hybridized carbons (Fsp3) is 0.464. The zero-order valence-corrected chi connectivity index (χ0v) is 25.3. The van der Waals surface area contributed by atoms with Gasteiger partial charge in [0.1, 0.15) is 16.2 Å². The standard InChI is InChI=1S/C28H35ClF3NO3Si/c1-14(2)25(36-37)27(15(3)4,16(5)6)24-23(20-13-18(29)9-11-22(20)34)19-12-17(28(30,31)32)8-10-21(19)33(7)26(24)35/h8-16,25,34H,1-7,37H3. The van der Waals surface area contributed by atoms with E-state index in [9.17, 15) is 23.1 Å². The highest BCUT2D eigenvalue weighted by Crippen LogP contribution is 2.51. The number of alkyl halides is 3. The second-order valence-corrected chi connectivity index (χ2v) is 11.6. The Morgan fingerprint density at radius 2 is 1.59 bits per heavy atom. The molecule has 0 aliphatic heterocycles.